The van der Waals surface area contributed by atoms with Crippen LogP contribution in [0.4, 0.5) is 5.69 Å². The van der Waals surface area contributed by atoms with E-state index >= 15 is 0 Å². The van der Waals surface area contributed by atoms with Gasteiger partial charge >= 0.3 is 0 Å². The summed E-state index contributed by atoms with van der Waals surface area (Å²) in [6.07, 6.45) is 3.62. The van der Waals surface area contributed by atoms with Gasteiger partial charge in [-0.25, -0.2) is 0 Å². The first-order valence-corrected chi connectivity index (χ1v) is 8.09. The maximum absolute atomic E-state index is 8.76. The predicted molar refractivity (Wildman–Crippen MR) is 88.1 cm³/mol. The lowest BCUT2D eigenvalue weighted by Gasteiger charge is -2.34. The van der Waals surface area contributed by atoms with Crippen LogP contribution in [0.1, 0.15) is 31.7 Å². The minimum absolute atomic E-state index is 0.108. The summed E-state index contributed by atoms with van der Waals surface area (Å²) in [6.45, 7) is 4.89. The average molecular weight is 356 g/mol. The number of oxime groups is 1. The number of nitrogens with zero attached hydrogens (tertiary/aromatic N) is 2. The molecule has 1 aliphatic heterocycles. The van der Waals surface area contributed by atoms with Crippen molar-refractivity contribution < 1.29 is 9.94 Å². The monoisotopic (exact) mass is 355 g/mol. The van der Waals surface area contributed by atoms with Crippen LogP contribution < -0.4 is 10.6 Å². The summed E-state index contributed by atoms with van der Waals surface area (Å²) < 4.78 is 6.69. The Balaban J connectivity index is 2.09. The molecule has 1 saturated heterocycles. The largest absolute Gasteiger partial charge is 0.409 e. The lowest BCUT2D eigenvalue weighted by molar-refractivity contribution is 0.0440. The first-order valence-electron chi connectivity index (χ1n) is 7.29. The van der Waals surface area contributed by atoms with E-state index in [1.54, 1.807) is 0 Å². The smallest absolute Gasteiger partial charge is 0.171 e. The highest BCUT2D eigenvalue weighted by Crippen LogP contribution is 2.27. The van der Waals surface area contributed by atoms with Crippen LogP contribution in [0.25, 0.3) is 0 Å². The summed E-state index contributed by atoms with van der Waals surface area (Å²) in [5.41, 5.74) is 7.45. The Hall–Kier alpha value is -1.27. The van der Waals surface area contributed by atoms with Crippen molar-refractivity contribution in [3.8, 4) is 0 Å². The molecule has 6 heteroatoms. The van der Waals surface area contributed by atoms with Gasteiger partial charge in [-0.3, -0.25) is 0 Å². The maximum Gasteiger partial charge on any atom is 0.171 e. The summed E-state index contributed by atoms with van der Waals surface area (Å²) in [7, 11) is 0. The van der Waals surface area contributed by atoms with E-state index in [1.807, 2.05) is 18.2 Å². The van der Waals surface area contributed by atoms with Gasteiger partial charge in [-0.05, 0) is 53.4 Å². The number of rotatable bonds is 5. The minimum atomic E-state index is 0.108. The second-order valence-electron chi connectivity index (χ2n) is 5.23. The van der Waals surface area contributed by atoms with Crippen molar-refractivity contribution in [3.05, 3.63) is 28.2 Å². The summed E-state index contributed by atoms with van der Waals surface area (Å²) >= 11 is 3.48. The molecule has 0 spiro atoms. The normalized spacial score (nSPS) is 19.8. The molecule has 1 aliphatic rings. The van der Waals surface area contributed by atoms with E-state index in [1.165, 1.54) is 0 Å². The number of ether oxygens (including phenoxy) is 1. The molecular formula is C15H22BrN3O2. The molecule has 116 valence electrons. The Bertz CT molecular complexity index is 508. The number of hydrogen-bond donors (Lipinski definition) is 2. The first kappa shape index (κ1) is 16.1. The quantitative estimate of drug-likeness (QED) is 0.368. The van der Waals surface area contributed by atoms with E-state index in [4.69, 9.17) is 15.7 Å². The Morgan fingerprint density at radius 3 is 3.05 bits per heavy atom. The molecule has 2 rings (SSSR count). The zero-order chi connectivity index (χ0) is 15.2. The molecule has 21 heavy (non-hydrogen) atoms. The summed E-state index contributed by atoms with van der Waals surface area (Å²) in [4.78, 5) is 2.32. The standard InChI is InChI=1S/C15H22BrN3O2/c1-2-8-21-12-4-3-7-19(10-12)11-5-6-13(14(16)9-11)15(17)18-20/h5-6,9,12,20H,2-4,7-8,10H2,1H3,(H2,17,18). The molecule has 0 amide bonds. The molecule has 1 atom stereocenters. The molecular weight excluding hydrogens is 334 g/mol. The lowest BCUT2D eigenvalue weighted by Crippen LogP contribution is -2.39. The molecule has 5 nitrogen and oxygen atoms in total. The van der Waals surface area contributed by atoms with Crippen LogP contribution in [0.3, 0.4) is 0 Å². The van der Waals surface area contributed by atoms with Crippen molar-refractivity contribution in [2.24, 2.45) is 10.9 Å². The number of halogens is 1. The maximum atomic E-state index is 8.76. The minimum Gasteiger partial charge on any atom is -0.409 e. The lowest BCUT2D eigenvalue weighted by atomic mass is 10.1. The zero-order valence-corrected chi connectivity index (χ0v) is 13.8. The Kier molecular flexibility index (Phi) is 5.87. The van der Waals surface area contributed by atoms with E-state index in [0.717, 1.165) is 49.1 Å². The SMILES string of the molecule is CCCOC1CCCN(c2ccc(/C(N)=N/O)c(Br)c2)C1. The van der Waals surface area contributed by atoms with Gasteiger partial charge < -0.3 is 20.6 Å². The van der Waals surface area contributed by atoms with Gasteiger partial charge in [0.2, 0.25) is 0 Å². The van der Waals surface area contributed by atoms with Crippen molar-refractivity contribution in [3.63, 3.8) is 0 Å². The van der Waals surface area contributed by atoms with Gasteiger partial charge in [0.05, 0.1) is 6.10 Å². The van der Waals surface area contributed by atoms with Crippen LogP contribution in [-0.2, 0) is 4.74 Å². The molecule has 3 N–H and O–H groups in total. The fourth-order valence-electron chi connectivity index (χ4n) is 2.56. The number of piperidine rings is 1. The topological polar surface area (TPSA) is 71.1 Å². The molecule has 0 bridgehead atoms. The molecule has 0 aliphatic carbocycles. The van der Waals surface area contributed by atoms with Crippen molar-refractivity contribution in [1.29, 1.82) is 0 Å². The number of amidine groups is 1. The molecule has 0 radical (unpaired) electrons. The van der Waals surface area contributed by atoms with Gasteiger partial charge in [0, 0.05) is 35.4 Å². The van der Waals surface area contributed by atoms with Gasteiger partial charge in [-0.2, -0.15) is 0 Å². The summed E-state index contributed by atoms with van der Waals surface area (Å²) in [5.74, 6) is 0.108. The highest BCUT2D eigenvalue weighted by molar-refractivity contribution is 9.10. The highest BCUT2D eigenvalue weighted by atomic mass is 79.9. The van der Waals surface area contributed by atoms with Crippen molar-refractivity contribution in [1.82, 2.24) is 0 Å². The van der Waals surface area contributed by atoms with E-state index in [-0.39, 0.29) is 5.84 Å². The van der Waals surface area contributed by atoms with E-state index in [9.17, 15) is 0 Å². The number of nitrogens with two attached hydrogens (primary N) is 1. The van der Waals surface area contributed by atoms with Gasteiger partial charge in [0.15, 0.2) is 5.84 Å². The molecule has 0 aromatic heterocycles. The molecule has 1 aromatic rings. The highest BCUT2D eigenvalue weighted by Gasteiger charge is 2.21. The van der Waals surface area contributed by atoms with E-state index in [0.29, 0.717) is 11.7 Å². The van der Waals surface area contributed by atoms with Crippen LogP contribution in [0.2, 0.25) is 0 Å². The third-order valence-corrected chi connectivity index (χ3v) is 4.29. The van der Waals surface area contributed by atoms with Crippen molar-refractivity contribution >= 4 is 27.5 Å². The van der Waals surface area contributed by atoms with Gasteiger partial charge in [0.1, 0.15) is 0 Å². The first-order chi connectivity index (χ1) is 10.2. The van der Waals surface area contributed by atoms with Gasteiger partial charge in [-0.1, -0.05) is 12.1 Å². The zero-order valence-electron chi connectivity index (χ0n) is 12.3. The molecule has 1 heterocycles. The van der Waals surface area contributed by atoms with Crippen LogP contribution >= 0.6 is 15.9 Å². The summed E-state index contributed by atoms with van der Waals surface area (Å²) in [6, 6.07) is 5.88. The van der Waals surface area contributed by atoms with E-state index in [2.05, 4.69) is 32.9 Å². The Labute approximate surface area is 133 Å². The van der Waals surface area contributed by atoms with Crippen molar-refractivity contribution in [2.75, 3.05) is 24.6 Å². The average Bonchev–Trinajstić information content (AvgIpc) is 2.52. The molecule has 1 unspecified atom stereocenters. The van der Waals surface area contributed by atoms with Gasteiger partial charge in [0.25, 0.3) is 0 Å². The molecule has 1 fully saturated rings. The van der Waals surface area contributed by atoms with Crippen LogP contribution in [0.5, 0.6) is 0 Å². The fraction of sp³-hybridized carbons (Fsp3) is 0.533. The van der Waals surface area contributed by atoms with E-state index < -0.39 is 0 Å². The predicted octanol–water partition coefficient (Wildman–Crippen LogP) is 2.94. The number of benzene rings is 1. The van der Waals surface area contributed by atoms with Crippen LogP contribution in [0, 0.1) is 0 Å². The fourth-order valence-corrected chi connectivity index (χ4v) is 3.13. The van der Waals surface area contributed by atoms with Crippen molar-refractivity contribution in [2.45, 2.75) is 32.3 Å². The third kappa shape index (κ3) is 4.11. The van der Waals surface area contributed by atoms with Gasteiger partial charge in [-0.15, -0.1) is 0 Å². The Morgan fingerprint density at radius 1 is 1.57 bits per heavy atom. The van der Waals surface area contributed by atoms with Crippen LogP contribution in [0.15, 0.2) is 27.8 Å². The summed E-state index contributed by atoms with van der Waals surface area (Å²) in [5, 5.41) is 11.8. The second-order valence-corrected chi connectivity index (χ2v) is 6.08. The third-order valence-electron chi connectivity index (χ3n) is 3.64. The number of hydrogen-bond acceptors (Lipinski definition) is 4. The second kappa shape index (κ2) is 7.66. The Morgan fingerprint density at radius 2 is 2.38 bits per heavy atom. The molecule has 0 saturated carbocycles. The number of anilines is 1. The van der Waals surface area contributed by atoms with Crippen LogP contribution in [-0.4, -0.2) is 36.8 Å². The molecule has 1 aromatic carbocycles.